The number of amides is 1. The zero-order valence-corrected chi connectivity index (χ0v) is 12.3. The predicted molar refractivity (Wildman–Crippen MR) is 77.5 cm³/mol. The van der Waals surface area contributed by atoms with Crippen molar-refractivity contribution in [3.05, 3.63) is 23.3 Å². The minimum Gasteiger partial charge on any atom is -0.496 e. The van der Waals surface area contributed by atoms with Crippen LogP contribution in [0.25, 0.3) is 0 Å². The van der Waals surface area contributed by atoms with Crippen molar-refractivity contribution >= 4 is 18.3 Å². The number of nitrogens with two attached hydrogens (primary N) is 1. The second-order valence-corrected chi connectivity index (χ2v) is 3.90. The molecule has 5 nitrogen and oxygen atoms in total. The number of ether oxygens (including phenoxy) is 2. The van der Waals surface area contributed by atoms with E-state index in [1.165, 1.54) is 0 Å². The van der Waals surface area contributed by atoms with Gasteiger partial charge >= 0.3 is 0 Å². The van der Waals surface area contributed by atoms with E-state index in [1.54, 1.807) is 26.4 Å². The summed E-state index contributed by atoms with van der Waals surface area (Å²) in [7, 11) is 3.13. The third-order valence-corrected chi connectivity index (χ3v) is 2.68. The molecule has 0 radical (unpaired) electrons. The number of hydrogen-bond donors (Lipinski definition) is 2. The van der Waals surface area contributed by atoms with Crippen molar-refractivity contribution in [3.63, 3.8) is 0 Å². The zero-order chi connectivity index (χ0) is 13.5. The van der Waals surface area contributed by atoms with Crippen LogP contribution in [0.1, 0.15) is 22.3 Å². The van der Waals surface area contributed by atoms with Gasteiger partial charge < -0.3 is 20.5 Å². The van der Waals surface area contributed by atoms with Crippen molar-refractivity contribution in [1.29, 1.82) is 0 Å². The fourth-order valence-electron chi connectivity index (χ4n) is 1.62. The summed E-state index contributed by atoms with van der Waals surface area (Å²) in [6, 6.07) is 3.41. The molecule has 1 rings (SSSR count). The molecule has 0 aromatic heterocycles. The van der Waals surface area contributed by atoms with Crippen LogP contribution in [0.15, 0.2) is 12.1 Å². The largest absolute Gasteiger partial charge is 0.496 e. The van der Waals surface area contributed by atoms with E-state index in [-0.39, 0.29) is 18.3 Å². The Morgan fingerprint density at radius 3 is 2.21 bits per heavy atom. The van der Waals surface area contributed by atoms with Gasteiger partial charge in [0.15, 0.2) is 0 Å². The summed E-state index contributed by atoms with van der Waals surface area (Å²) in [6.07, 6.45) is 0.756. The Morgan fingerprint density at radius 1 is 1.26 bits per heavy atom. The van der Waals surface area contributed by atoms with Gasteiger partial charge in [-0.3, -0.25) is 4.79 Å². The molecule has 0 aliphatic rings. The lowest BCUT2D eigenvalue weighted by Gasteiger charge is -2.12. The van der Waals surface area contributed by atoms with E-state index in [4.69, 9.17) is 15.2 Å². The summed E-state index contributed by atoms with van der Waals surface area (Å²) >= 11 is 0. The van der Waals surface area contributed by atoms with Crippen LogP contribution in [0.4, 0.5) is 0 Å². The fraction of sp³-hybridized carbons (Fsp3) is 0.462. The molecular formula is C13H21ClN2O3. The van der Waals surface area contributed by atoms with E-state index < -0.39 is 0 Å². The highest BCUT2D eigenvalue weighted by atomic mass is 35.5. The summed E-state index contributed by atoms with van der Waals surface area (Å²) < 4.78 is 10.4. The quantitative estimate of drug-likeness (QED) is 0.778. The highest BCUT2D eigenvalue weighted by molar-refractivity contribution is 5.95. The molecule has 19 heavy (non-hydrogen) atoms. The third kappa shape index (κ3) is 4.61. The molecule has 1 aromatic carbocycles. The number of halogens is 1. The molecule has 3 N–H and O–H groups in total. The van der Waals surface area contributed by atoms with Gasteiger partial charge in [0.05, 0.1) is 14.2 Å². The van der Waals surface area contributed by atoms with Crippen molar-refractivity contribution in [2.75, 3.05) is 27.3 Å². The van der Waals surface area contributed by atoms with E-state index in [2.05, 4.69) is 5.32 Å². The lowest BCUT2D eigenvalue weighted by atomic mass is 10.1. The summed E-state index contributed by atoms with van der Waals surface area (Å²) in [4.78, 5) is 11.9. The Balaban J connectivity index is 0.00000324. The minimum atomic E-state index is -0.153. The molecule has 0 bridgehead atoms. The normalized spacial score (nSPS) is 9.47. The van der Waals surface area contributed by atoms with Crippen LogP contribution >= 0.6 is 12.4 Å². The minimum absolute atomic E-state index is 0. The topological polar surface area (TPSA) is 73.6 Å². The average molecular weight is 289 g/mol. The first-order valence-corrected chi connectivity index (χ1v) is 5.85. The van der Waals surface area contributed by atoms with Crippen LogP contribution in [0.2, 0.25) is 0 Å². The van der Waals surface area contributed by atoms with Gasteiger partial charge in [0.2, 0.25) is 0 Å². The van der Waals surface area contributed by atoms with Crippen molar-refractivity contribution < 1.29 is 14.3 Å². The highest BCUT2D eigenvalue weighted by Crippen LogP contribution is 2.29. The van der Waals surface area contributed by atoms with Gasteiger partial charge in [-0.05, 0) is 32.0 Å². The Kier molecular flexibility index (Phi) is 7.95. The molecule has 0 unspecified atom stereocenters. The second kappa shape index (κ2) is 8.61. The van der Waals surface area contributed by atoms with E-state index in [0.29, 0.717) is 30.2 Å². The lowest BCUT2D eigenvalue weighted by Crippen LogP contribution is -2.26. The van der Waals surface area contributed by atoms with Crippen molar-refractivity contribution in [2.24, 2.45) is 5.73 Å². The molecule has 1 amide bonds. The molecule has 0 heterocycles. The average Bonchev–Trinajstić information content (AvgIpc) is 2.39. The van der Waals surface area contributed by atoms with Crippen LogP contribution in [-0.2, 0) is 0 Å². The van der Waals surface area contributed by atoms with Crippen LogP contribution in [0.5, 0.6) is 11.5 Å². The highest BCUT2D eigenvalue weighted by Gasteiger charge is 2.12. The molecule has 1 aromatic rings. The number of carbonyl (C=O) groups is 1. The number of rotatable bonds is 6. The molecular weight excluding hydrogens is 268 g/mol. The van der Waals surface area contributed by atoms with Gasteiger partial charge in [-0.2, -0.15) is 0 Å². The number of benzene rings is 1. The Hall–Kier alpha value is -1.46. The van der Waals surface area contributed by atoms with Gasteiger partial charge in [-0.15, -0.1) is 12.4 Å². The maximum Gasteiger partial charge on any atom is 0.251 e. The smallest absolute Gasteiger partial charge is 0.251 e. The fourth-order valence-corrected chi connectivity index (χ4v) is 1.62. The lowest BCUT2D eigenvalue weighted by molar-refractivity contribution is 0.0952. The maximum absolute atomic E-state index is 11.9. The first kappa shape index (κ1) is 17.5. The van der Waals surface area contributed by atoms with E-state index >= 15 is 0 Å². The summed E-state index contributed by atoms with van der Waals surface area (Å²) in [5.74, 6) is 1.12. The van der Waals surface area contributed by atoms with Crippen LogP contribution in [0.3, 0.4) is 0 Å². The zero-order valence-electron chi connectivity index (χ0n) is 11.5. The van der Waals surface area contributed by atoms with E-state index in [9.17, 15) is 4.79 Å². The Morgan fingerprint density at radius 2 is 1.79 bits per heavy atom. The number of nitrogens with one attached hydrogen (secondary N) is 1. The van der Waals surface area contributed by atoms with Crippen molar-refractivity contribution in [1.82, 2.24) is 5.32 Å². The summed E-state index contributed by atoms with van der Waals surface area (Å²) in [5.41, 5.74) is 6.77. The molecule has 6 heteroatoms. The van der Waals surface area contributed by atoms with Crippen molar-refractivity contribution in [3.8, 4) is 11.5 Å². The van der Waals surface area contributed by atoms with Gasteiger partial charge in [0.25, 0.3) is 5.91 Å². The monoisotopic (exact) mass is 288 g/mol. The predicted octanol–water partition coefficient (Wildman–Crippen LogP) is 1.51. The van der Waals surface area contributed by atoms with Crippen LogP contribution < -0.4 is 20.5 Å². The maximum atomic E-state index is 11.9. The first-order valence-electron chi connectivity index (χ1n) is 5.85. The Bertz CT molecular complexity index is 399. The van der Waals surface area contributed by atoms with E-state index in [1.807, 2.05) is 6.92 Å². The van der Waals surface area contributed by atoms with E-state index in [0.717, 1.165) is 12.0 Å². The molecule has 0 spiro atoms. The molecule has 0 aliphatic heterocycles. The standard InChI is InChI=1S/C13H20N2O3.ClH/c1-9-11(17-2)7-10(8-12(9)18-3)13(16)15-6-4-5-14;/h7-8H,4-6,14H2,1-3H3,(H,15,16);1H. The molecule has 0 saturated heterocycles. The van der Waals surface area contributed by atoms with Gasteiger partial charge in [-0.1, -0.05) is 0 Å². The number of hydrogen-bond acceptors (Lipinski definition) is 4. The molecule has 0 aliphatic carbocycles. The second-order valence-electron chi connectivity index (χ2n) is 3.90. The van der Waals surface area contributed by atoms with Gasteiger partial charge in [0, 0.05) is 17.7 Å². The SMILES string of the molecule is COc1cc(C(=O)NCCCN)cc(OC)c1C.Cl. The summed E-state index contributed by atoms with van der Waals surface area (Å²) in [5, 5.41) is 2.79. The van der Waals surface area contributed by atoms with Gasteiger partial charge in [0.1, 0.15) is 11.5 Å². The molecule has 0 atom stereocenters. The van der Waals surface area contributed by atoms with Gasteiger partial charge in [-0.25, -0.2) is 0 Å². The van der Waals surface area contributed by atoms with Crippen LogP contribution in [0, 0.1) is 6.92 Å². The summed E-state index contributed by atoms with van der Waals surface area (Å²) in [6.45, 7) is 3.00. The molecule has 108 valence electrons. The molecule has 0 fully saturated rings. The van der Waals surface area contributed by atoms with Crippen molar-refractivity contribution in [2.45, 2.75) is 13.3 Å². The number of carbonyl (C=O) groups excluding carboxylic acids is 1. The third-order valence-electron chi connectivity index (χ3n) is 2.68. The van der Waals surface area contributed by atoms with Crippen LogP contribution in [-0.4, -0.2) is 33.2 Å². The first-order chi connectivity index (χ1) is 8.63. The molecule has 0 saturated carbocycles. The Labute approximate surface area is 119 Å². The number of methoxy groups -OCH3 is 2.